The number of amides is 1. The fourth-order valence-electron chi connectivity index (χ4n) is 0.940. The number of aryl methyl sites for hydroxylation is 1. The van der Waals surface area contributed by atoms with Gasteiger partial charge in [-0.25, -0.2) is 9.97 Å². The molecule has 0 unspecified atom stereocenters. The number of alkyl halides is 3. The minimum absolute atomic E-state index is 0.0934. The first-order valence-electron chi connectivity index (χ1n) is 3.99. The number of rotatable bonds is 1. The van der Waals surface area contributed by atoms with E-state index >= 15 is 0 Å². The number of nitrogens with zero attached hydrogens (tertiary/aromatic N) is 2. The van der Waals surface area contributed by atoms with Crippen LogP contribution in [0.25, 0.3) is 0 Å². The number of hydrogen-bond donors (Lipinski definition) is 1. The summed E-state index contributed by atoms with van der Waals surface area (Å²) in [6, 6.07) is 1.19. The van der Waals surface area contributed by atoms with Crippen molar-refractivity contribution in [3.05, 3.63) is 23.3 Å². The Morgan fingerprint density at radius 1 is 1.40 bits per heavy atom. The molecule has 0 fully saturated rings. The molecule has 1 aromatic heterocycles. The summed E-state index contributed by atoms with van der Waals surface area (Å²) < 4.78 is 36.8. The lowest BCUT2D eigenvalue weighted by molar-refractivity contribution is -0.145. The average Bonchev–Trinajstić information content (AvgIpc) is 2.14. The Bertz CT molecular complexity index is 389. The average molecular weight is 219 g/mol. The molecule has 1 aromatic rings. The van der Waals surface area contributed by atoms with Crippen molar-refractivity contribution in [2.24, 2.45) is 0 Å². The fraction of sp³-hybridized carbons (Fsp3) is 0.375. The summed E-state index contributed by atoms with van der Waals surface area (Å²) in [5.74, 6) is -1.98. The minimum Gasteiger partial charge on any atom is -0.354 e. The highest BCUT2D eigenvalue weighted by Gasteiger charge is 2.35. The van der Waals surface area contributed by atoms with Crippen LogP contribution in [0.4, 0.5) is 13.2 Å². The molecule has 0 aromatic carbocycles. The molecule has 15 heavy (non-hydrogen) atoms. The Morgan fingerprint density at radius 3 is 2.47 bits per heavy atom. The lowest BCUT2D eigenvalue weighted by atomic mass is 10.3. The molecule has 1 N–H and O–H groups in total. The van der Waals surface area contributed by atoms with Gasteiger partial charge in [0.05, 0.1) is 0 Å². The van der Waals surface area contributed by atoms with Crippen molar-refractivity contribution in [1.29, 1.82) is 0 Å². The van der Waals surface area contributed by atoms with Crippen LogP contribution in [0.1, 0.15) is 22.0 Å². The van der Waals surface area contributed by atoms with Crippen molar-refractivity contribution in [1.82, 2.24) is 15.3 Å². The molecule has 0 atom stereocenters. The molecular weight excluding hydrogens is 211 g/mol. The van der Waals surface area contributed by atoms with Gasteiger partial charge in [0.1, 0.15) is 5.69 Å². The predicted molar refractivity (Wildman–Crippen MR) is 45.2 cm³/mol. The first kappa shape index (κ1) is 11.4. The Labute approximate surface area is 83.5 Å². The first-order chi connectivity index (χ1) is 6.84. The lowest BCUT2D eigenvalue weighted by Crippen LogP contribution is -2.22. The van der Waals surface area contributed by atoms with Crippen molar-refractivity contribution in [3.8, 4) is 0 Å². The van der Waals surface area contributed by atoms with Crippen LogP contribution in [0.2, 0.25) is 0 Å². The summed E-state index contributed by atoms with van der Waals surface area (Å²) in [6.45, 7) is 1.36. The van der Waals surface area contributed by atoms with E-state index in [9.17, 15) is 18.0 Å². The van der Waals surface area contributed by atoms with Crippen LogP contribution in [0.15, 0.2) is 6.07 Å². The van der Waals surface area contributed by atoms with Crippen LogP contribution in [-0.4, -0.2) is 22.9 Å². The van der Waals surface area contributed by atoms with Gasteiger partial charge >= 0.3 is 6.18 Å². The monoisotopic (exact) mass is 219 g/mol. The largest absolute Gasteiger partial charge is 0.451 e. The normalized spacial score (nSPS) is 11.3. The smallest absolute Gasteiger partial charge is 0.354 e. The highest BCUT2D eigenvalue weighted by molar-refractivity contribution is 5.92. The zero-order chi connectivity index (χ0) is 11.6. The van der Waals surface area contributed by atoms with Gasteiger partial charge in [0.15, 0.2) is 0 Å². The molecule has 0 aliphatic carbocycles. The van der Waals surface area contributed by atoms with Gasteiger partial charge in [-0.3, -0.25) is 4.79 Å². The number of aromatic nitrogens is 2. The van der Waals surface area contributed by atoms with Crippen molar-refractivity contribution >= 4 is 5.91 Å². The molecule has 1 amide bonds. The van der Waals surface area contributed by atoms with Gasteiger partial charge in [-0.15, -0.1) is 0 Å². The second kappa shape index (κ2) is 3.84. The van der Waals surface area contributed by atoms with Crippen molar-refractivity contribution in [2.75, 3.05) is 7.05 Å². The molecule has 0 spiro atoms. The third-order valence-electron chi connectivity index (χ3n) is 1.57. The van der Waals surface area contributed by atoms with Crippen molar-refractivity contribution in [3.63, 3.8) is 0 Å². The zero-order valence-corrected chi connectivity index (χ0v) is 8.01. The van der Waals surface area contributed by atoms with E-state index in [1.54, 1.807) is 0 Å². The second-order valence-electron chi connectivity index (χ2n) is 2.80. The summed E-state index contributed by atoms with van der Waals surface area (Å²) >= 11 is 0. The molecule has 1 heterocycles. The van der Waals surface area contributed by atoms with E-state index in [4.69, 9.17) is 0 Å². The standard InChI is InChI=1S/C8H8F3N3O/c1-4-3-5(6(15)12-2)14-7(13-4)8(9,10)11/h3H,1-2H3,(H,12,15). The Morgan fingerprint density at radius 2 is 2.00 bits per heavy atom. The molecule has 0 saturated carbocycles. The maximum Gasteiger partial charge on any atom is 0.451 e. The second-order valence-corrected chi connectivity index (χ2v) is 2.80. The van der Waals surface area contributed by atoms with Crippen molar-refractivity contribution in [2.45, 2.75) is 13.1 Å². The molecule has 0 aliphatic rings. The molecule has 0 aliphatic heterocycles. The highest BCUT2D eigenvalue weighted by Crippen LogP contribution is 2.26. The molecule has 0 saturated heterocycles. The van der Waals surface area contributed by atoms with E-state index in [0.717, 1.165) is 0 Å². The third kappa shape index (κ3) is 2.64. The summed E-state index contributed by atoms with van der Waals surface area (Å²) in [5, 5.41) is 2.19. The summed E-state index contributed by atoms with van der Waals surface area (Å²) in [6.07, 6.45) is -4.64. The Balaban J connectivity index is 3.23. The maximum absolute atomic E-state index is 12.3. The van der Waals surface area contributed by atoms with Crippen LogP contribution in [0.5, 0.6) is 0 Å². The number of carbonyl (C=O) groups excluding carboxylic acids is 1. The number of halogens is 3. The SMILES string of the molecule is CNC(=O)c1cc(C)nc(C(F)(F)F)n1. The number of carbonyl (C=O) groups is 1. The molecule has 0 radical (unpaired) electrons. The highest BCUT2D eigenvalue weighted by atomic mass is 19.4. The fourth-order valence-corrected chi connectivity index (χ4v) is 0.940. The first-order valence-corrected chi connectivity index (χ1v) is 3.99. The third-order valence-corrected chi connectivity index (χ3v) is 1.57. The van der Waals surface area contributed by atoms with Gasteiger partial charge in [-0.05, 0) is 13.0 Å². The van der Waals surface area contributed by atoms with Gasteiger partial charge in [0, 0.05) is 12.7 Å². The van der Waals surface area contributed by atoms with Crippen molar-refractivity contribution < 1.29 is 18.0 Å². The van der Waals surface area contributed by atoms with Crippen LogP contribution in [0, 0.1) is 6.92 Å². The number of hydrogen-bond acceptors (Lipinski definition) is 3. The Hall–Kier alpha value is -1.66. The van der Waals surface area contributed by atoms with E-state index in [2.05, 4.69) is 15.3 Å². The van der Waals surface area contributed by atoms with Gasteiger partial charge in [-0.2, -0.15) is 13.2 Å². The van der Waals surface area contributed by atoms with E-state index < -0.39 is 17.9 Å². The summed E-state index contributed by atoms with van der Waals surface area (Å²) in [4.78, 5) is 17.4. The van der Waals surface area contributed by atoms with Crippen LogP contribution < -0.4 is 5.32 Å². The van der Waals surface area contributed by atoms with Gasteiger partial charge < -0.3 is 5.32 Å². The maximum atomic E-state index is 12.3. The van der Waals surface area contributed by atoms with E-state index in [1.807, 2.05) is 0 Å². The van der Waals surface area contributed by atoms with Crippen LogP contribution >= 0.6 is 0 Å². The number of nitrogens with one attached hydrogen (secondary N) is 1. The molecule has 0 bridgehead atoms. The van der Waals surface area contributed by atoms with E-state index in [0.29, 0.717) is 0 Å². The van der Waals surface area contributed by atoms with Crippen LogP contribution in [-0.2, 0) is 6.18 Å². The minimum atomic E-state index is -4.64. The zero-order valence-electron chi connectivity index (χ0n) is 8.01. The van der Waals surface area contributed by atoms with E-state index in [-0.39, 0.29) is 11.4 Å². The van der Waals surface area contributed by atoms with Crippen LogP contribution in [0.3, 0.4) is 0 Å². The molecular formula is C8H8F3N3O. The summed E-state index contributed by atoms with van der Waals surface area (Å²) in [7, 11) is 1.31. The Kier molecular flexibility index (Phi) is 2.92. The van der Waals surface area contributed by atoms with E-state index in [1.165, 1.54) is 20.0 Å². The molecule has 7 heteroatoms. The molecule has 1 rings (SSSR count). The lowest BCUT2D eigenvalue weighted by Gasteiger charge is -2.07. The van der Waals surface area contributed by atoms with Gasteiger partial charge in [0.2, 0.25) is 5.82 Å². The molecule has 4 nitrogen and oxygen atoms in total. The summed E-state index contributed by atoms with van der Waals surface area (Å²) in [5.41, 5.74) is -0.201. The molecule has 82 valence electrons. The predicted octanol–water partition coefficient (Wildman–Crippen LogP) is 1.16. The quantitative estimate of drug-likeness (QED) is 0.771. The van der Waals surface area contributed by atoms with Gasteiger partial charge in [0.25, 0.3) is 5.91 Å². The van der Waals surface area contributed by atoms with Gasteiger partial charge in [-0.1, -0.05) is 0 Å². The topological polar surface area (TPSA) is 54.9 Å².